The minimum Gasteiger partial charge on any atom is -0.358 e. The van der Waals surface area contributed by atoms with Crippen molar-refractivity contribution in [3.8, 4) is 11.3 Å². The number of amides is 1. The number of hydrogen-bond acceptors (Lipinski definition) is 4. The Hall–Kier alpha value is -2.14. The Balaban J connectivity index is 2.06. The van der Waals surface area contributed by atoms with E-state index in [9.17, 15) is 4.79 Å². The molecule has 1 amide bonds. The van der Waals surface area contributed by atoms with Gasteiger partial charge in [-0.15, -0.1) is 17.9 Å². The van der Waals surface area contributed by atoms with Gasteiger partial charge in [-0.3, -0.25) is 4.79 Å². The lowest BCUT2D eigenvalue weighted by Gasteiger charge is -2.07. The van der Waals surface area contributed by atoms with E-state index in [1.807, 2.05) is 43.5 Å². The van der Waals surface area contributed by atoms with Crippen LogP contribution >= 0.6 is 11.3 Å². The van der Waals surface area contributed by atoms with Crippen molar-refractivity contribution >= 4 is 28.1 Å². The SMILES string of the molecule is C=CCNc1nc(-c2ccc(NC(=O)C(C)C)cc2)cs1. The highest BCUT2D eigenvalue weighted by Gasteiger charge is 2.08. The van der Waals surface area contributed by atoms with Crippen LogP contribution in [0.1, 0.15) is 13.8 Å². The molecule has 0 unspecified atom stereocenters. The summed E-state index contributed by atoms with van der Waals surface area (Å²) in [7, 11) is 0. The fourth-order valence-electron chi connectivity index (χ4n) is 1.66. The fraction of sp³-hybridized carbons (Fsp3) is 0.250. The van der Waals surface area contributed by atoms with E-state index in [0.29, 0.717) is 6.54 Å². The zero-order valence-electron chi connectivity index (χ0n) is 12.2. The van der Waals surface area contributed by atoms with Gasteiger partial charge in [0.25, 0.3) is 0 Å². The van der Waals surface area contributed by atoms with E-state index >= 15 is 0 Å². The van der Waals surface area contributed by atoms with E-state index < -0.39 is 0 Å². The Morgan fingerprint density at radius 2 is 2.10 bits per heavy atom. The average Bonchev–Trinajstić information content (AvgIpc) is 2.94. The maximum absolute atomic E-state index is 11.6. The van der Waals surface area contributed by atoms with Crippen molar-refractivity contribution < 1.29 is 4.79 Å². The van der Waals surface area contributed by atoms with Crippen LogP contribution in [0.25, 0.3) is 11.3 Å². The molecule has 0 fully saturated rings. The highest BCUT2D eigenvalue weighted by Crippen LogP contribution is 2.26. The summed E-state index contributed by atoms with van der Waals surface area (Å²) in [4.78, 5) is 16.1. The van der Waals surface area contributed by atoms with Crippen LogP contribution in [0.3, 0.4) is 0 Å². The molecule has 0 saturated heterocycles. The van der Waals surface area contributed by atoms with Crippen molar-refractivity contribution in [2.24, 2.45) is 5.92 Å². The zero-order valence-corrected chi connectivity index (χ0v) is 13.0. The second-order valence-electron chi connectivity index (χ2n) is 4.93. The third kappa shape index (κ3) is 4.16. The highest BCUT2D eigenvalue weighted by molar-refractivity contribution is 7.14. The Morgan fingerprint density at radius 1 is 1.38 bits per heavy atom. The van der Waals surface area contributed by atoms with Crippen molar-refractivity contribution in [2.75, 3.05) is 17.2 Å². The Bertz CT molecular complexity index is 617. The van der Waals surface area contributed by atoms with Crippen LogP contribution in [-0.2, 0) is 4.79 Å². The second-order valence-corrected chi connectivity index (χ2v) is 5.79. The van der Waals surface area contributed by atoms with Crippen molar-refractivity contribution in [1.29, 1.82) is 0 Å². The van der Waals surface area contributed by atoms with E-state index in [-0.39, 0.29) is 11.8 Å². The molecule has 2 N–H and O–H groups in total. The first kappa shape index (κ1) is 15.3. The van der Waals surface area contributed by atoms with Gasteiger partial charge in [-0.1, -0.05) is 32.1 Å². The molecule has 0 radical (unpaired) electrons. The van der Waals surface area contributed by atoms with Crippen molar-refractivity contribution in [1.82, 2.24) is 4.98 Å². The molecule has 2 rings (SSSR count). The lowest BCUT2D eigenvalue weighted by atomic mass is 10.1. The number of thiazole rings is 1. The lowest BCUT2D eigenvalue weighted by Crippen LogP contribution is -2.17. The Kier molecular flexibility index (Phi) is 5.11. The fourth-order valence-corrected chi connectivity index (χ4v) is 2.39. The molecule has 110 valence electrons. The number of carbonyl (C=O) groups excluding carboxylic acids is 1. The maximum atomic E-state index is 11.6. The molecule has 0 aliphatic rings. The molecule has 0 aliphatic heterocycles. The second kappa shape index (κ2) is 7.04. The first-order valence-corrected chi connectivity index (χ1v) is 7.69. The van der Waals surface area contributed by atoms with Gasteiger partial charge in [0.1, 0.15) is 0 Å². The molecule has 0 aliphatic carbocycles. The molecule has 21 heavy (non-hydrogen) atoms. The molecular weight excluding hydrogens is 282 g/mol. The number of anilines is 2. The summed E-state index contributed by atoms with van der Waals surface area (Å²) in [6.45, 7) is 8.11. The van der Waals surface area contributed by atoms with E-state index in [1.54, 1.807) is 17.4 Å². The molecule has 0 bridgehead atoms. The van der Waals surface area contributed by atoms with Gasteiger partial charge in [0.2, 0.25) is 5.91 Å². The van der Waals surface area contributed by atoms with Crippen molar-refractivity contribution in [3.05, 3.63) is 42.3 Å². The molecule has 1 aromatic heterocycles. The predicted molar refractivity (Wildman–Crippen MR) is 89.7 cm³/mol. The third-order valence-corrected chi connectivity index (χ3v) is 3.67. The first-order chi connectivity index (χ1) is 10.1. The Labute approximate surface area is 128 Å². The summed E-state index contributed by atoms with van der Waals surface area (Å²) < 4.78 is 0. The average molecular weight is 301 g/mol. The summed E-state index contributed by atoms with van der Waals surface area (Å²) in [5.41, 5.74) is 2.76. The molecule has 2 aromatic rings. The van der Waals surface area contributed by atoms with Gasteiger partial charge in [0, 0.05) is 29.1 Å². The Morgan fingerprint density at radius 3 is 2.71 bits per heavy atom. The molecule has 0 saturated carbocycles. The van der Waals surface area contributed by atoms with Gasteiger partial charge in [-0.2, -0.15) is 0 Å². The standard InChI is InChI=1S/C16H19N3OS/c1-4-9-17-16-19-14(10-21-16)12-5-7-13(8-6-12)18-15(20)11(2)3/h4-8,10-11H,1,9H2,2-3H3,(H,17,19)(H,18,20). The number of nitrogens with zero attached hydrogens (tertiary/aromatic N) is 1. The molecule has 4 nitrogen and oxygen atoms in total. The third-order valence-electron chi connectivity index (χ3n) is 2.87. The van der Waals surface area contributed by atoms with Crippen LogP contribution in [0.5, 0.6) is 0 Å². The lowest BCUT2D eigenvalue weighted by molar-refractivity contribution is -0.118. The van der Waals surface area contributed by atoms with Gasteiger partial charge in [0.05, 0.1) is 5.69 Å². The van der Waals surface area contributed by atoms with Crippen LogP contribution in [0, 0.1) is 5.92 Å². The molecular formula is C16H19N3OS. The van der Waals surface area contributed by atoms with Crippen LogP contribution in [0.15, 0.2) is 42.3 Å². The molecule has 0 spiro atoms. The smallest absolute Gasteiger partial charge is 0.226 e. The summed E-state index contributed by atoms with van der Waals surface area (Å²) in [6.07, 6.45) is 1.80. The van der Waals surface area contributed by atoms with Crippen molar-refractivity contribution in [2.45, 2.75) is 13.8 Å². The van der Waals surface area contributed by atoms with Crippen LogP contribution in [0.2, 0.25) is 0 Å². The minimum atomic E-state index is -0.0262. The number of nitrogens with one attached hydrogen (secondary N) is 2. The van der Waals surface area contributed by atoms with E-state index in [1.165, 1.54) is 0 Å². The number of rotatable bonds is 6. The summed E-state index contributed by atoms with van der Waals surface area (Å²) in [6, 6.07) is 7.71. The largest absolute Gasteiger partial charge is 0.358 e. The maximum Gasteiger partial charge on any atom is 0.226 e. The normalized spacial score (nSPS) is 10.4. The molecule has 1 aromatic carbocycles. The summed E-state index contributed by atoms with van der Waals surface area (Å²) in [5, 5.41) is 8.92. The minimum absolute atomic E-state index is 0.0207. The number of hydrogen-bond donors (Lipinski definition) is 2. The number of benzene rings is 1. The molecule has 5 heteroatoms. The van der Waals surface area contributed by atoms with Gasteiger partial charge in [0.15, 0.2) is 5.13 Å². The van der Waals surface area contributed by atoms with Crippen molar-refractivity contribution in [3.63, 3.8) is 0 Å². The van der Waals surface area contributed by atoms with Gasteiger partial charge >= 0.3 is 0 Å². The van der Waals surface area contributed by atoms with Gasteiger partial charge < -0.3 is 10.6 Å². The monoisotopic (exact) mass is 301 g/mol. The quantitative estimate of drug-likeness (QED) is 0.793. The van der Waals surface area contributed by atoms with E-state index in [2.05, 4.69) is 22.2 Å². The first-order valence-electron chi connectivity index (χ1n) is 6.81. The molecule has 0 atom stereocenters. The summed E-state index contributed by atoms with van der Waals surface area (Å²) in [5.74, 6) is -0.00553. The predicted octanol–water partition coefficient (Wildman–Crippen LogP) is 4.00. The number of aromatic nitrogens is 1. The van der Waals surface area contributed by atoms with E-state index in [4.69, 9.17) is 0 Å². The topological polar surface area (TPSA) is 54.0 Å². The van der Waals surface area contributed by atoms with Gasteiger partial charge in [-0.05, 0) is 12.1 Å². The van der Waals surface area contributed by atoms with Crippen LogP contribution in [0.4, 0.5) is 10.8 Å². The van der Waals surface area contributed by atoms with Crippen LogP contribution in [-0.4, -0.2) is 17.4 Å². The summed E-state index contributed by atoms with van der Waals surface area (Å²) >= 11 is 1.56. The highest BCUT2D eigenvalue weighted by atomic mass is 32.1. The molecule has 1 heterocycles. The van der Waals surface area contributed by atoms with E-state index in [0.717, 1.165) is 22.1 Å². The van der Waals surface area contributed by atoms with Crippen LogP contribution < -0.4 is 10.6 Å². The van der Waals surface area contributed by atoms with Gasteiger partial charge in [-0.25, -0.2) is 4.98 Å². The zero-order chi connectivity index (χ0) is 15.2. The number of carbonyl (C=O) groups is 1.